The van der Waals surface area contributed by atoms with Crippen molar-refractivity contribution in [2.24, 2.45) is 0 Å². The summed E-state index contributed by atoms with van der Waals surface area (Å²) >= 11 is 0. The molecule has 0 atom stereocenters. The molecule has 1 aromatic carbocycles. The van der Waals surface area contributed by atoms with E-state index >= 15 is 0 Å². The van der Waals surface area contributed by atoms with Gasteiger partial charge >= 0.3 is 11.9 Å². The van der Waals surface area contributed by atoms with Crippen LogP contribution in [0.5, 0.6) is 5.75 Å². The molecule has 0 bridgehead atoms. The van der Waals surface area contributed by atoms with Crippen molar-refractivity contribution < 1.29 is 26.3 Å². The minimum atomic E-state index is -4.45. The molecule has 1 N–H and O–H groups in total. The zero-order valence-electron chi connectivity index (χ0n) is 13.2. The van der Waals surface area contributed by atoms with E-state index in [4.69, 9.17) is 0 Å². The van der Waals surface area contributed by atoms with Gasteiger partial charge in [-0.05, 0) is 24.1 Å². The number of rotatable bonds is 7. The Bertz CT molecular complexity index is 870. The quantitative estimate of drug-likeness (QED) is 0.793. The van der Waals surface area contributed by atoms with Crippen molar-refractivity contribution in [3.63, 3.8) is 0 Å². The van der Waals surface area contributed by atoms with Gasteiger partial charge in [0.05, 0.1) is 5.75 Å². The maximum atomic E-state index is 12.4. The first-order valence-electron chi connectivity index (χ1n) is 7.29. The number of benzene rings is 1. The number of hydrogen-bond donors (Lipinski definition) is 1. The third-order valence-corrected chi connectivity index (χ3v) is 4.71. The Morgan fingerprint density at radius 3 is 2.44 bits per heavy atom. The van der Waals surface area contributed by atoms with E-state index in [1.54, 1.807) is 6.92 Å². The van der Waals surface area contributed by atoms with Crippen molar-refractivity contribution in [3.8, 4) is 5.75 Å². The molecule has 0 aliphatic carbocycles. The zero-order valence-corrected chi connectivity index (χ0v) is 14.0. The Morgan fingerprint density at radius 1 is 1.24 bits per heavy atom. The van der Waals surface area contributed by atoms with Gasteiger partial charge in [-0.15, -0.1) is 5.10 Å². The minimum Gasteiger partial charge on any atom is -0.484 e. The van der Waals surface area contributed by atoms with E-state index < -0.39 is 34.1 Å². The molecule has 1 aromatic heterocycles. The summed E-state index contributed by atoms with van der Waals surface area (Å²) in [4.78, 5) is 11.6. The molecular formula is C14H16F3N3O4S. The number of aromatic nitrogens is 3. The molecule has 0 spiro atoms. The molecule has 0 aliphatic heterocycles. The zero-order chi connectivity index (χ0) is 18.7. The molecule has 0 amide bonds. The summed E-state index contributed by atoms with van der Waals surface area (Å²) in [6.07, 6.45) is -3.90. The average Bonchev–Trinajstić information content (AvgIpc) is 2.88. The number of halogens is 3. The van der Waals surface area contributed by atoms with Gasteiger partial charge in [0.1, 0.15) is 5.75 Å². The fourth-order valence-electron chi connectivity index (χ4n) is 2.09. The van der Waals surface area contributed by atoms with Crippen molar-refractivity contribution in [2.45, 2.75) is 37.0 Å². The number of ether oxygens (including phenoxy) is 1. The van der Waals surface area contributed by atoms with Crippen LogP contribution in [0.15, 0.2) is 34.2 Å². The van der Waals surface area contributed by atoms with Gasteiger partial charge < -0.3 is 4.74 Å². The standard InChI is InChI=1S/C14H16F3N3O4S/c1-2-7-20-12(21)18-19-13(20)25(22,23)8-10-3-5-11(6-4-10)24-9-14(15,16)17/h3-6H,2,7-9H2,1H3,(H,18,21). The Balaban J connectivity index is 2.14. The highest BCUT2D eigenvalue weighted by atomic mass is 32.2. The van der Waals surface area contributed by atoms with Gasteiger partial charge in [-0.3, -0.25) is 4.57 Å². The second kappa shape index (κ2) is 7.30. The third kappa shape index (κ3) is 5.08. The summed E-state index contributed by atoms with van der Waals surface area (Å²) in [5, 5.41) is 5.31. The molecule has 1 heterocycles. The van der Waals surface area contributed by atoms with E-state index in [-0.39, 0.29) is 17.5 Å². The fraction of sp³-hybridized carbons (Fsp3) is 0.429. The lowest BCUT2D eigenvalue weighted by atomic mass is 10.2. The van der Waals surface area contributed by atoms with Crippen LogP contribution in [0.1, 0.15) is 18.9 Å². The van der Waals surface area contributed by atoms with Gasteiger partial charge in [0.25, 0.3) is 5.16 Å². The van der Waals surface area contributed by atoms with Crippen LogP contribution in [0.3, 0.4) is 0 Å². The van der Waals surface area contributed by atoms with E-state index in [0.717, 1.165) is 4.57 Å². The van der Waals surface area contributed by atoms with Crippen LogP contribution in [0.2, 0.25) is 0 Å². The molecule has 25 heavy (non-hydrogen) atoms. The summed E-state index contributed by atoms with van der Waals surface area (Å²) in [5.74, 6) is -0.471. The highest BCUT2D eigenvalue weighted by Gasteiger charge is 2.28. The number of alkyl halides is 3. The Labute approximate surface area is 141 Å². The lowest BCUT2D eigenvalue weighted by molar-refractivity contribution is -0.153. The van der Waals surface area contributed by atoms with Gasteiger partial charge in [-0.25, -0.2) is 18.3 Å². The second-order valence-corrected chi connectivity index (χ2v) is 7.15. The Hall–Kier alpha value is -2.30. The molecule has 138 valence electrons. The van der Waals surface area contributed by atoms with E-state index in [1.165, 1.54) is 24.3 Å². The predicted octanol–water partition coefficient (Wildman–Crippen LogP) is 1.90. The minimum absolute atomic E-state index is 0.0267. The number of H-pyrrole nitrogens is 1. The summed E-state index contributed by atoms with van der Waals surface area (Å²) in [6, 6.07) is 5.19. The second-order valence-electron chi connectivity index (χ2n) is 5.27. The molecule has 0 unspecified atom stereocenters. The molecule has 2 aromatic rings. The normalized spacial score (nSPS) is 12.3. The van der Waals surface area contributed by atoms with E-state index in [9.17, 15) is 26.4 Å². The highest BCUT2D eigenvalue weighted by Crippen LogP contribution is 2.20. The van der Waals surface area contributed by atoms with E-state index in [0.29, 0.717) is 12.0 Å². The monoisotopic (exact) mass is 379 g/mol. The molecule has 0 saturated carbocycles. The van der Waals surface area contributed by atoms with Gasteiger partial charge in [-0.1, -0.05) is 19.1 Å². The number of sulfone groups is 1. The van der Waals surface area contributed by atoms with Gasteiger partial charge in [0.15, 0.2) is 6.61 Å². The number of nitrogens with zero attached hydrogens (tertiary/aromatic N) is 2. The van der Waals surface area contributed by atoms with Crippen LogP contribution < -0.4 is 10.4 Å². The SMILES string of the molecule is CCCn1c(S(=O)(=O)Cc2ccc(OCC(F)(F)F)cc2)n[nH]c1=O. The van der Waals surface area contributed by atoms with Crippen LogP contribution in [0.4, 0.5) is 13.2 Å². The Kier molecular flexibility index (Phi) is 5.55. The lowest BCUT2D eigenvalue weighted by Gasteiger charge is -2.10. The summed E-state index contributed by atoms with van der Waals surface area (Å²) < 4.78 is 66.7. The van der Waals surface area contributed by atoms with Gasteiger partial charge in [-0.2, -0.15) is 13.2 Å². The first-order chi connectivity index (χ1) is 11.6. The average molecular weight is 379 g/mol. The first kappa shape index (κ1) is 19.0. The summed E-state index contributed by atoms with van der Waals surface area (Å²) in [7, 11) is -3.89. The molecule has 2 rings (SSSR count). The molecular weight excluding hydrogens is 363 g/mol. The van der Waals surface area contributed by atoms with Crippen molar-refractivity contribution in [3.05, 3.63) is 40.3 Å². The molecule has 0 saturated heterocycles. The van der Waals surface area contributed by atoms with Crippen LogP contribution in [0, 0.1) is 0 Å². The van der Waals surface area contributed by atoms with E-state index in [1.807, 2.05) is 0 Å². The van der Waals surface area contributed by atoms with Gasteiger partial charge in [0.2, 0.25) is 9.84 Å². The smallest absolute Gasteiger partial charge is 0.422 e. The van der Waals surface area contributed by atoms with Crippen molar-refractivity contribution in [1.82, 2.24) is 14.8 Å². The Morgan fingerprint density at radius 2 is 1.88 bits per heavy atom. The first-order valence-corrected chi connectivity index (χ1v) is 8.94. The maximum absolute atomic E-state index is 12.4. The number of aromatic amines is 1. The third-order valence-electron chi connectivity index (χ3n) is 3.13. The molecule has 7 nitrogen and oxygen atoms in total. The van der Waals surface area contributed by atoms with Crippen molar-refractivity contribution in [2.75, 3.05) is 6.61 Å². The van der Waals surface area contributed by atoms with Crippen LogP contribution in [0.25, 0.3) is 0 Å². The topological polar surface area (TPSA) is 94.0 Å². The number of nitrogens with one attached hydrogen (secondary N) is 1. The van der Waals surface area contributed by atoms with E-state index in [2.05, 4.69) is 14.9 Å². The highest BCUT2D eigenvalue weighted by molar-refractivity contribution is 7.90. The molecule has 0 aliphatic rings. The lowest BCUT2D eigenvalue weighted by Crippen LogP contribution is -2.21. The molecule has 0 radical (unpaired) electrons. The predicted molar refractivity (Wildman–Crippen MR) is 82.0 cm³/mol. The number of hydrogen-bond acceptors (Lipinski definition) is 5. The van der Waals surface area contributed by atoms with Crippen LogP contribution >= 0.6 is 0 Å². The van der Waals surface area contributed by atoms with Crippen molar-refractivity contribution >= 4 is 9.84 Å². The summed E-state index contributed by atoms with van der Waals surface area (Å²) in [5.41, 5.74) is -0.283. The fourth-order valence-corrected chi connectivity index (χ4v) is 3.55. The van der Waals surface area contributed by atoms with Crippen LogP contribution in [-0.2, 0) is 22.1 Å². The molecule has 11 heteroatoms. The molecule has 0 fully saturated rings. The summed E-state index contributed by atoms with van der Waals surface area (Å²) in [6.45, 7) is 0.560. The van der Waals surface area contributed by atoms with Gasteiger partial charge in [0, 0.05) is 6.54 Å². The largest absolute Gasteiger partial charge is 0.484 e. The van der Waals surface area contributed by atoms with Crippen LogP contribution in [-0.4, -0.2) is 36.0 Å². The maximum Gasteiger partial charge on any atom is 0.422 e. The van der Waals surface area contributed by atoms with Crippen molar-refractivity contribution in [1.29, 1.82) is 0 Å².